The molecule has 29 heavy (non-hydrogen) atoms. The molecule has 0 radical (unpaired) electrons. The highest BCUT2D eigenvalue weighted by molar-refractivity contribution is 6.22. The van der Waals surface area contributed by atoms with Crippen LogP contribution in [-0.4, -0.2) is 18.5 Å². The molecular formula is C25H36O4. The van der Waals surface area contributed by atoms with Crippen LogP contribution in [0.5, 0.6) is 0 Å². The monoisotopic (exact) mass is 400 g/mol. The molecule has 1 aliphatic carbocycles. The largest absolute Gasteiger partial charge is 0.513 e. The Balaban J connectivity index is 2.24. The third-order valence-electron chi connectivity index (χ3n) is 5.67. The molecule has 1 aromatic rings. The predicted molar refractivity (Wildman–Crippen MR) is 117 cm³/mol. The van der Waals surface area contributed by atoms with Gasteiger partial charge in [-0.1, -0.05) is 70.7 Å². The number of hydrogen-bond donors (Lipinski definition) is 0. The van der Waals surface area contributed by atoms with E-state index in [1.807, 2.05) is 45.9 Å². The van der Waals surface area contributed by atoms with E-state index < -0.39 is 6.16 Å². The van der Waals surface area contributed by atoms with Gasteiger partial charge in [0.05, 0.1) is 12.2 Å². The molecule has 0 saturated carbocycles. The number of Topliss-reactive ketones (excluding diaryl/α,β-unsaturated/α-hetero) is 1. The summed E-state index contributed by atoms with van der Waals surface area (Å²) >= 11 is 0. The summed E-state index contributed by atoms with van der Waals surface area (Å²) in [6.07, 6.45) is 4.53. The summed E-state index contributed by atoms with van der Waals surface area (Å²) in [7, 11) is 0. The maximum atomic E-state index is 13.0. The molecule has 1 aliphatic rings. The average molecular weight is 401 g/mol. The molecule has 0 saturated heterocycles. The Hall–Kier alpha value is -2.10. The summed E-state index contributed by atoms with van der Waals surface area (Å²) in [5.41, 5.74) is 3.26. The number of benzene rings is 1. The predicted octanol–water partition coefficient (Wildman–Crippen LogP) is 6.77. The number of carbonyl (C=O) groups is 2. The van der Waals surface area contributed by atoms with Gasteiger partial charge >= 0.3 is 6.16 Å². The summed E-state index contributed by atoms with van der Waals surface area (Å²) < 4.78 is 11.1. The number of allylic oxidation sites excluding steroid dienone is 2. The first-order valence-electron chi connectivity index (χ1n) is 10.9. The van der Waals surface area contributed by atoms with Crippen LogP contribution in [0, 0.1) is 25.2 Å². The van der Waals surface area contributed by atoms with E-state index in [1.54, 1.807) is 0 Å². The van der Waals surface area contributed by atoms with Crippen molar-refractivity contribution in [2.75, 3.05) is 6.61 Å². The Bertz CT molecular complexity index is 773. The lowest BCUT2D eigenvalue weighted by atomic mass is 9.74. The van der Waals surface area contributed by atoms with E-state index in [9.17, 15) is 9.59 Å². The van der Waals surface area contributed by atoms with Crippen LogP contribution in [0.1, 0.15) is 82.9 Å². The van der Waals surface area contributed by atoms with Crippen molar-refractivity contribution in [2.45, 2.75) is 80.1 Å². The van der Waals surface area contributed by atoms with Gasteiger partial charge in [-0.15, -0.1) is 0 Å². The molecule has 1 aromatic carbocycles. The fraction of sp³-hybridized carbons (Fsp3) is 0.600. The smallest absolute Gasteiger partial charge is 0.434 e. The highest BCUT2D eigenvalue weighted by Crippen LogP contribution is 2.41. The first-order valence-corrected chi connectivity index (χ1v) is 10.9. The average Bonchev–Trinajstić information content (AvgIpc) is 2.62. The summed E-state index contributed by atoms with van der Waals surface area (Å²) in [4.78, 5) is 25.4. The van der Waals surface area contributed by atoms with Crippen molar-refractivity contribution < 1.29 is 19.1 Å². The Kier molecular flexibility index (Phi) is 8.06. The van der Waals surface area contributed by atoms with Crippen molar-refractivity contribution in [3.63, 3.8) is 0 Å². The van der Waals surface area contributed by atoms with Gasteiger partial charge in [0.2, 0.25) is 0 Å². The van der Waals surface area contributed by atoms with E-state index in [4.69, 9.17) is 9.47 Å². The van der Waals surface area contributed by atoms with Gasteiger partial charge in [-0.05, 0) is 42.7 Å². The number of unbranched alkanes of at least 4 members (excludes halogenated alkanes) is 1. The fourth-order valence-corrected chi connectivity index (χ4v) is 3.96. The van der Waals surface area contributed by atoms with Crippen LogP contribution in [0.3, 0.4) is 0 Å². The molecule has 0 heterocycles. The van der Waals surface area contributed by atoms with Crippen molar-refractivity contribution in [3.8, 4) is 0 Å². The summed E-state index contributed by atoms with van der Waals surface area (Å²) in [5.74, 6) is 0.801. The normalized spacial score (nSPS) is 17.2. The summed E-state index contributed by atoms with van der Waals surface area (Å²) in [5, 5.41) is 0. The zero-order valence-corrected chi connectivity index (χ0v) is 18.9. The van der Waals surface area contributed by atoms with Crippen molar-refractivity contribution in [3.05, 3.63) is 40.6 Å². The van der Waals surface area contributed by atoms with Crippen molar-refractivity contribution in [1.82, 2.24) is 0 Å². The maximum absolute atomic E-state index is 13.0. The van der Waals surface area contributed by atoms with E-state index in [2.05, 4.69) is 13.8 Å². The fourth-order valence-electron chi connectivity index (χ4n) is 3.96. The molecule has 0 aliphatic heterocycles. The standard InChI is InChI=1S/C25H36O4/c1-7-9-10-19(8-2)16-28-24(27)29-22-15-25(5,6)14-21(26)23(22)20-12-11-17(3)13-18(20)4/h11-13,19H,7-10,14-16H2,1-6H3. The topological polar surface area (TPSA) is 52.6 Å². The maximum Gasteiger partial charge on any atom is 0.513 e. The second-order valence-electron chi connectivity index (χ2n) is 9.14. The highest BCUT2D eigenvalue weighted by Gasteiger charge is 2.36. The number of ether oxygens (including phenoxy) is 2. The van der Waals surface area contributed by atoms with Gasteiger partial charge < -0.3 is 9.47 Å². The zero-order valence-electron chi connectivity index (χ0n) is 18.9. The van der Waals surface area contributed by atoms with Crippen LogP contribution in [0.2, 0.25) is 0 Å². The Morgan fingerprint density at radius 3 is 2.52 bits per heavy atom. The van der Waals surface area contributed by atoms with Crippen LogP contribution >= 0.6 is 0 Å². The lowest BCUT2D eigenvalue weighted by Gasteiger charge is -2.31. The molecule has 0 aromatic heterocycles. The van der Waals surface area contributed by atoms with E-state index in [0.29, 0.717) is 36.7 Å². The third kappa shape index (κ3) is 6.45. The van der Waals surface area contributed by atoms with E-state index >= 15 is 0 Å². The quantitative estimate of drug-likeness (QED) is 0.452. The molecule has 1 atom stereocenters. The van der Waals surface area contributed by atoms with Gasteiger partial charge in [-0.25, -0.2) is 4.79 Å². The molecule has 2 rings (SSSR count). The van der Waals surface area contributed by atoms with Crippen molar-refractivity contribution in [2.24, 2.45) is 11.3 Å². The van der Waals surface area contributed by atoms with Gasteiger partial charge in [0.25, 0.3) is 0 Å². The van der Waals surface area contributed by atoms with Crippen LogP contribution in [-0.2, 0) is 14.3 Å². The Morgan fingerprint density at radius 2 is 1.90 bits per heavy atom. The second kappa shape index (κ2) is 10.1. The van der Waals surface area contributed by atoms with Crippen LogP contribution in [0.4, 0.5) is 4.79 Å². The van der Waals surface area contributed by atoms with Crippen molar-refractivity contribution in [1.29, 1.82) is 0 Å². The molecule has 4 heteroatoms. The molecule has 0 amide bonds. The van der Waals surface area contributed by atoms with Gasteiger partial charge in [0, 0.05) is 12.8 Å². The van der Waals surface area contributed by atoms with Crippen LogP contribution in [0.15, 0.2) is 24.0 Å². The Labute approximate surface area is 175 Å². The van der Waals surface area contributed by atoms with Crippen LogP contribution in [0.25, 0.3) is 5.57 Å². The number of carbonyl (C=O) groups excluding carboxylic acids is 2. The third-order valence-corrected chi connectivity index (χ3v) is 5.67. The molecule has 0 spiro atoms. The van der Waals surface area contributed by atoms with E-state index in [1.165, 1.54) is 0 Å². The number of hydrogen-bond acceptors (Lipinski definition) is 4. The lowest BCUT2D eigenvalue weighted by molar-refractivity contribution is -0.116. The second-order valence-corrected chi connectivity index (χ2v) is 9.14. The van der Waals surface area contributed by atoms with Gasteiger partial charge in [0.1, 0.15) is 5.76 Å². The van der Waals surface area contributed by atoms with Crippen molar-refractivity contribution >= 4 is 17.5 Å². The minimum atomic E-state index is -0.706. The van der Waals surface area contributed by atoms with E-state index in [0.717, 1.165) is 42.4 Å². The first-order chi connectivity index (χ1) is 13.7. The molecule has 0 N–H and O–H groups in total. The zero-order chi connectivity index (χ0) is 21.6. The first kappa shape index (κ1) is 23.2. The van der Waals surface area contributed by atoms with Gasteiger partial charge in [-0.3, -0.25) is 4.79 Å². The molecular weight excluding hydrogens is 364 g/mol. The number of rotatable bonds is 8. The molecule has 4 nitrogen and oxygen atoms in total. The number of ketones is 1. The molecule has 1 unspecified atom stereocenters. The molecule has 160 valence electrons. The summed E-state index contributed by atoms with van der Waals surface area (Å²) in [6, 6.07) is 5.98. The minimum absolute atomic E-state index is 0.0189. The van der Waals surface area contributed by atoms with Gasteiger partial charge in [-0.2, -0.15) is 0 Å². The molecule has 0 bridgehead atoms. The summed E-state index contributed by atoms with van der Waals surface area (Å²) in [6.45, 7) is 12.7. The van der Waals surface area contributed by atoms with E-state index in [-0.39, 0.29) is 11.2 Å². The number of aryl methyl sites for hydroxylation is 2. The highest BCUT2D eigenvalue weighted by atomic mass is 16.7. The van der Waals surface area contributed by atoms with Gasteiger partial charge in [0.15, 0.2) is 5.78 Å². The molecule has 0 fully saturated rings. The SMILES string of the molecule is CCCCC(CC)COC(=O)OC1=C(c2ccc(C)cc2C)C(=O)CC(C)(C)C1. The van der Waals surface area contributed by atoms with Crippen LogP contribution < -0.4 is 0 Å². The minimum Gasteiger partial charge on any atom is -0.434 e. The Morgan fingerprint density at radius 1 is 1.17 bits per heavy atom. The lowest BCUT2D eigenvalue weighted by Crippen LogP contribution is -2.27.